The molecular formula is C33H41N5O5. The number of ketones is 1. The number of nitrogens with one attached hydrogen (secondary N) is 2. The number of benzene rings is 2. The monoisotopic (exact) mass is 587 g/mol. The van der Waals surface area contributed by atoms with Gasteiger partial charge in [-0.15, -0.1) is 0 Å². The highest BCUT2D eigenvalue weighted by Gasteiger charge is 2.30. The first kappa shape index (κ1) is 31.8. The van der Waals surface area contributed by atoms with Crippen molar-refractivity contribution >= 4 is 34.5 Å². The maximum absolute atomic E-state index is 13.5. The van der Waals surface area contributed by atoms with Crippen LogP contribution in [0.4, 0.5) is 0 Å². The summed E-state index contributed by atoms with van der Waals surface area (Å²) in [6.07, 6.45) is 5.48. The number of rotatable bonds is 15. The summed E-state index contributed by atoms with van der Waals surface area (Å²) < 4.78 is 0. The molecule has 0 fully saturated rings. The van der Waals surface area contributed by atoms with Crippen LogP contribution in [0.25, 0.3) is 10.9 Å². The Balaban J connectivity index is 1.48. The number of hydrogen-bond donors (Lipinski definition) is 5. The second kappa shape index (κ2) is 15.4. The van der Waals surface area contributed by atoms with Crippen LogP contribution in [0.2, 0.25) is 0 Å². The van der Waals surface area contributed by atoms with Crippen LogP contribution in [0.15, 0.2) is 54.6 Å². The Bertz CT molecular complexity index is 1440. The van der Waals surface area contributed by atoms with Crippen LogP contribution in [0.1, 0.15) is 65.7 Å². The number of aliphatic carboxylic acids is 1. The maximum atomic E-state index is 13.5. The van der Waals surface area contributed by atoms with Gasteiger partial charge in [-0.05, 0) is 68.7 Å². The van der Waals surface area contributed by atoms with Crippen LogP contribution in [-0.2, 0) is 33.6 Å². The molecule has 3 atom stereocenters. The third-order valence-electron chi connectivity index (χ3n) is 8.00. The Morgan fingerprint density at radius 2 is 1.67 bits per heavy atom. The van der Waals surface area contributed by atoms with Gasteiger partial charge in [0, 0.05) is 30.0 Å². The molecular weight excluding hydrogens is 546 g/mol. The maximum Gasteiger partial charge on any atom is 0.328 e. The smallest absolute Gasteiger partial charge is 0.328 e. The van der Waals surface area contributed by atoms with Crippen molar-refractivity contribution in [1.82, 2.24) is 15.6 Å². The number of carbonyl (C=O) groups excluding carboxylic acids is 3. The minimum atomic E-state index is -1.40. The fourth-order valence-electron chi connectivity index (χ4n) is 5.62. The molecule has 2 amide bonds. The summed E-state index contributed by atoms with van der Waals surface area (Å²) in [4.78, 5) is 56.9. The third-order valence-corrected chi connectivity index (χ3v) is 8.00. The van der Waals surface area contributed by atoms with Crippen molar-refractivity contribution in [1.29, 1.82) is 0 Å². The van der Waals surface area contributed by atoms with E-state index >= 15 is 0 Å². The topological polar surface area (TPSA) is 177 Å². The van der Waals surface area contributed by atoms with Gasteiger partial charge in [0.25, 0.3) is 5.91 Å². The predicted octanol–water partition coefficient (Wildman–Crippen LogP) is 2.69. The van der Waals surface area contributed by atoms with E-state index in [0.717, 1.165) is 48.9 Å². The number of unbranched alkanes of at least 4 members (excludes halogenated alkanes) is 1. The lowest BCUT2D eigenvalue weighted by molar-refractivity contribution is -0.142. The van der Waals surface area contributed by atoms with E-state index in [2.05, 4.69) is 10.6 Å². The first-order valence-electron chi connectivity index (χ1n) is 15.0. The van der Waals surface area contributed by atoms with Crippen LogP contribution in [-0.4, -0.2) is 58.8 Å². The summed E-state index contributed by atoms with van der Waals surface area (Å²) in [5.74, 6) is -3.37. The summed E-state index contributed by atoms with van der Waals surface area (Å²) in [5, 5.41) is 16.0. The van der Waals surface area contributed by atoms with E-state index in [4.69, 9.17) is 16.5 Å². The highest BCUT2D eigenvalue weighted by Crippen LogP contribution is 2.29. The fourth-order valence-corrected chi connectivity index (χ4v) is 5.62. The highest BCUT2D eigenvalue weighted by molar-refractivity contribution is 6.08. The van der Waals surface area contributed by atoms with E-state index in [1.165, 1.54) is 0 Å². The SMILES string of the molecule is NCCCC[C@H](N)C(=O)C[C@@H](Cc1ccccc1)C(=O)N[C@@H](CNC(=O)c1c2c(nc3ccccc13)CCCC2)C(=O)O. The molecule has 2 aromatic carbocycles. The average molecular weight is 588 g/mol. The predicted molar refractivity (Wildman–Crippen MR) is 164 cm³/mol. The van der Waals surface area contributed by atoms with E-state index in [-0.39, 0.29) is 25.2 Å². The molecule has 0 bridgehead atoms. The number of Topliss-reactive ketones (excluding diaryl/α,β-unsaturated/α-hetero) is 1. The van der Waals surface area contributed by atoms with Gasteiger partial charge >= 0.3 is 5.97 Å². The lowest BCUT2D eigenvalue weighted by Crippen LogP contribution is -2.51. The highest BCUT2D eigenvalue weighted by atomic mass is 16.4. The molecule has 1 aromatic heterocycles. The van der Waals surface area contributed by atoms with Gasteiger partial charge in [-0.1, -0.05) is 55.0 Å². The minimum Gasteiger partial charge on any atom is -0.480 e. The Hall–Kier alpha value is -4.15. The molecule has 43 heavy (non-hydrogen) atoms. The van der Waals surface area contributed by atoms with Crippen molar-refractivity contribution in [2.24, 2.45) is 17.4 Å². The van der Waals surface area contributed by atoms with Crippen molar-refractivity contribution in [3.8, 4) is 0 Å². The van der Waals surface area contributed by atoms with Crippen molar-refractivity contribution in [3.63, 3.8) is 0 Å². The summed E-state index contributed by atoms with van der Waals surface area (Å²) >= 11 is 0. The minimum absolute atomic E-state index is 0.127. The number of aromatic nitrogens is 1. The fraction of sp³-hybridized carbons (Fsp3) is 0.424. The number of amides is 2. The zero-order valence-corrected chi connectivity index (χ0v) is 24.4. The van der Waals surface area contributed by atoms with Crippen LogP contribution in [0, 0.1) is 5.92 Å². The Labute approximate surface area is 251 Å². The van der Waals surface area contributed by atoms with Gasteiger partial charge in [-0.25, -0.2) is 4.79 Å². The van der Waals surface area contributed by atoms with E-state index < -0.39 is 35.8 Å². The first-order chi connectivity index (χ1) is 20.8. The van der Waals surface area contributed by atoms with Gasteiger partial charge in [-0.2, -0.15) is 0 Å². The number of carboxylic acids is 1. The molecule has 10 nitrogen and oxygen atoms in total. The third kappa shape index (κ3) is 8.46. The first-order valence-corrected chi connectivity index (χ1v) is 15.0. The second-order valence-electron chi connectivity index (χ2n) is 11.2. The van der Waals surface area contributed by atoms with Gasteiger partial charge < -0.3 is 27.2 Å². The van der Waals surface area contributed by atoms with E-state index in [0.29, 0.717) is 35.9 Å². The van der Waals surface area contributed by atoms with E-state index in [9.17, 15) is 24.3 Å². The summed E-state index contributed by atoms with van der Waals surface area (Å²) in [7, 11) is 0. The molecule has 10 heteroatoms. The lowest BCUT2D eigenvalue weighted by Gasteiger charge is -2.23. The molecule has 1 heterocycles. The molecule has 0 saturated heterocycles. The Morgan fingerprint density at radius 1 is 0.953 bits per heavy atom. The van der Waals surface area contributed by atoms with E-state index in [1.807, 2.05) is 54.6 Å². The van der Waals surface area contributed by atoms with Crippen LogP contribution in [0.3, 0.4) is 0 Å². The largest absolute Gasteiger partial charge is 0.480 e. The zero-order valence-electron chi connectivity index (χ0n) is 24.4. The summed E-state index contributed by atoms with van der Waals surface area (Å²) in [6, 6.07) is 14.5. The lowest BCUT2D eigenvalue weighted by atomic mass is 9.89. The number of fused-ring (bicyclic) bond motifs is 2. The van der Waals surface area contributed by atoms with Crippen molar-refractivity contribution in [2.75, 3.05) is 13.1 Å². The van der Waals surface area contributed by atoms with Crippen LogP contribution in [0.5, 0.6) is 0 Å². The number of hydrogen-bond acceptors (Lipinski definition) is 7. The van der Waals surface area contributed by atoms with Gasteiger partial charge in [0.15, 0.2) is 0 Å². The Morgan fingerprint density at radius 3 is 2.42 bits per heavy atom. The van der Waals surface area contributed by atoms with Gasteiger partial charge in [-0.3, -0.25) is 19.4 Å². The molecule has 1 aliphatic carbocycles. The standard InChI is InChI=1S/C33H41N5O5/c34-17-9-8-14-25(35)29(39)19-22(18-21-10-2-1-3-11-21)31(40)38-28(33(42)43)20-36-32(41)30-23-12-4-6-15-26(23)37-27-16-7-5-13-24(27)30/h1-4,6,10-12,15,22,25,28H,5,7-9,13-14,16-20,34-35H2,(H,36,41)(H,38,40)(H,42,43)/t22-,25+,28+/m1/s1. The molecule has 0 aliphatic heterocycles. The number of pyridine rings is 1. The number of carboxylic acid groups (broad SMARTS) is 1. The van der Waals surface area contributed by atoms with Crippen LogP contribution < -0.4 is 22.1 Å². The Kier molecular flexibility index (Phi) is 11.4. The number of aryl methyl sites for hydroxylation is 1. The van der Waals surface area contributed by atoms with Gasteiger partial charge in [0.2, 0.25) is 5.91 Å². The van der Waals surface area contributed by atoms with Gasteiger partial charge in [0.05, 0.1) is 17.1 Å². The number of nitrogens with two attached hydrogens (primary N) is 2. The van der Waals surface area contributed by atoms with E-state index in [1.54, 1.807) is 0 Å². The molecule has 0 unspecified atom stereocenters. The molecule has 0 saturated carbocycles. The number of carbonyl (C=O) groups is 4. The summed E-state index contributed by atoms with van der Waals surface area (Å²) in [5.41, 5.74) is 15.5. The second-order valence-corrected chi connectivity index (χ2v) is 11.2. The molecule has 3 aromatic rings. The average Bonchev–Trinajstić information content (AvgIpc) is 3.01. The number of nitrogens with zero attached hydrogens (tertiary/aromatic N) is 1. The van der Waals surface area contributed by atoms with Crippen LogP contribution >= 0.6 is 0 Å². The molecule has 0 radical (unpaired) electrons. The van der Waals surface area contributed by atoms with Crippen molar-refractivity contribution < 1.29 is 24.3 Å². The molecule has 1 aliphatic rings. The molecule has 228 valence electrons. The normalized spacial score (nSPS) is 14.7. The zero-order chi connectivity index (χ0) is 30.8. The van der Waals surface area contributed by atoms with Crippen molar-refractivity contribution in [2.45, 2.75) is 69.9 Å². The molecule has 7 N–H and O–H groups in total. The molecule has 0 spiro atoms. The molecule has 4 rings (SSSR count). The summed E-state index contributed by atoms with van der Waals surface area (Å²) in [6.45, 7) is 0.183. The van der Waals surface area contributed by atoms with Gasteiger partial charge in [0.1, 0.15) is 11.8 Å². The van der Waals surface area contributed by atoms with Crippen molar-refractivity contribution in [3.05, 3.63) is 77.0 Å². The quantitative estimate of drug-likeness (QED) is 0.169. The number of para-hydroxylation sites is 1.